The number of nitrogens with zero attached hydrogens (tertiary/aromatic N) is 1. The maximum atomic E-state index is 10.8. The zero-order valence-corrected chi connectivity index (χ0v) is 10.0. The molecule has 6 heteroatoms. The van der Waals surface area contributed by atoms with Gasteiger partial charge in [0.25, 0.3) is 0 Å². The summed E-state index contributed by atoms with van der Waals surface area (Å²) in [7, 11) is -1.09. The SMILES string of the molecule is CCOc1ccc([SH](=O)=O)cc1/C(N)=N/C. The van der Waals surface area contributed by atoms with Crippen molar-refractivity contribution in [3.8, 4) is 5.75 Å². The second-order valence-corrected chi connectivity index (χ2v) is 4.01. The van der Waals surface area contributed by atoms with Gasteiger partial charge < -0.3 is 10.5 Å². The highest BCUT2D eigenvalue weighted by Gasteiger charge is 2.09. The molecule has 0 aliphatic heterocycles. The van der Waals surface area contributed by atoms with Gasteiger partial charge in [0.15, 0.2) is 10.7 Å². The van der Waals surface area contributed by atoms with Crippen molar-refractivity contribution < 1.29 is 13.2 Å². The van der Waals surface area contributed by atoms with Crippen LogP contribution in [0.15, 0.2) is 28.1 Å². The molecule has 0 heterocycles. The largest absolute Gasteiger partial charge is 0.493 e. The van der Waals surface area contributed by atoms with Crippen molar-refractivity contribution in [1.29, 1.82) is 0 Å². The Hall–Kier alpha value is -1.56. The molecule has 0 saturated carbocycles. The first-order chi connectivity index (χ1) is 7.60. The first-order valence-electron chi connectivity index (χ1n) is 4.74. The molecule has 2 N–H and O–H groups in total. The maximum Gasteiger partial charge on any atom is 0.168 e. The van der Waals surface area contributed by atoms with Crippen LogP contribution in [0.3, 0.4) is 0 Å². The van der Waals surface area contributed by atoms with Gasteiger partial charge in [-0.1, -0.05) is 0 Å². The molecule has 0 amide bonds. The van der Waals surface area contributed by atoms with E-state index in [1.54, 1.807) is 6.07 Å². The number of benzene rings is 1. The fourth-order valence-electron chi connectivity index (χ4n) is 1.23. The number of nitrogens with two attached hydrogens (primary N) is 1. The third-order valence-corrected chi connectivity index (χ3v) is 2.69. The molecule has 0 spiro atoms. The minimum absolute atomic E-state index is 0.194. The van der Waals surface area contributed by atoms with Crippen molar-refractivity contribution in [3.05, 3.63) is 23.8 Å². The molecule has 5 nitrogen and oxygen atoms in total. The van der Waals surface area contributed by atoms with Gasteiger partial charge >= 0.3 is 0 Å². The molecule has 1 rings (SSSR count). The quantitative estimate of drug-likeness (QED) is 0.454. The molecule has 0 radical (unpaired) electrons. The lowest BCUT2D eigenvalue weighted by Gasteiger charge is -2.09. The average molecular weight is 242 g/mol. The summed E-state index contributed by atoms with van der Waals surface area (Å²) in [4.78, 5) is 4.01. The lowest BCUT2D eigenvalue weighted by Crippen LogP contribution is -2.15. The first kappa shape index (κ1) is 12.5. The number of rotatable bonds is 4. The molecule has 0 bridgehead atoms. The summed E-state index contributed by atoms with van der Waals surface area (Å²) >= 11 is 0. The lowest BCUT2D eigenvalue weighted by atomic mass is 10.2. The van der Waals surface area contributed by atoms with Crippen LogP contribution in [0.4, 0.5) is 0 Å². The van der Waals surface area contributed by atoms with Crippen LogP contribution in [-0.4, -0.2) is 27.9 Å². The third-order valence-electron chi connectivity index (χ3n) is 1.99. The van der Waals surface area contributed by atoms with E-state index >= 15 is 0 Å². The minimum atomic E-state index is -2.63. The van der Waals surface area contributed by atoms with Gasteiger partial charge in [0.05, 0.1) is 17.1 Å². The Morgan fingerprint density at radius 1 is 1.50 bits per heavy atom. The van der Waals surface area contributed by atoms with Crippen LogP contribution >= 0.6 is 0 Å². The van der Waals surface area contributed by atoms with E-state index < -0.39 is 10.7 Å². The second-order valence-electron chi connectivity index (χ2n) is 2.98. The van der Waals surface area contributed by atoms with Gasteiger partial charge in [-0.3, -0.25) is 4.99 Å². The minimum Gasteiger partial charge on any atom is -0.493 e. The van der Waals surface area contributed by atoms with Crippen molar-refractivity contribution in [2.75, 3.05) is 13.7 Å². The Bertz CT molecular complexity index is 473. The topological polar surface area (TPSA) is 81.8 Å². The van der Waals surface area contributed by atoms with E-state index in [1.165, 1.54) is 19.2 Å². The molecular weight excluding hydrogens is 228 g/mol. The number of hydrogen-bond donors (Lipinski definition) is 2. The van der Waals surface area contributed by atoms with Gasteiger partial charge in [-0.2, -0.15) is 0 Å². The molecule has 16 heavy (non-hydrogen) atoms. The number of hydrogen-bond acceptors (Lipinski definition) is 4. The molecule has 1 aromatic carbocycles. The normalized spacial score (nSPS) is 11.8. The Balaban J connectivity index is 3.32. The smallest absolute Gasteiger partial charge is 0.168 e. The predicted octanol–water partition coefficient (Wildman–Crippen LogP) is 0.391. The number of ether oxygens (including phenoxy) is 1. The second kappa shape index (κ2) is 5.50. The van der Waals surface area contributed by atoms with Crippen LogP contribution in [0.1, 0.15) is 12.5 Å². The van der Waals surface area contributed by atoms with E-state index in [1.807, 2.05) is 6.92 Å². The zero-order chi connectivity index (χ0) is 12.1. The van der Waals surface area contributed by atoms with Crippen LogP contribution in [0.2, 0.25) is 0 Å². The summed E-state index contributed by atoms with van der Waals surface area (Å²) in [5, 5.41) is 0. The van der Waals surface area contributed by atoms with Gasteiger partial charge in [-0.15, -0.1) is 0 Å². The van der Waals surface area contributed by atoms with E-state index in [9.17, 15) is 8.42 Å². The molecule has 0 atom stereocenters. The van der Waals surface area contributed by atoms with Crippen molar-refractivity contribution in [1.82, 2.24) is 0 Å². The van der Waals surface area contributed by atoms with E-state index in [0.717, 1.165) is 0 Å². The Morgan fingerprint density at radius 3 is 2.69 bits per heavy atom. The average Bonchev–Trinajstić information content (AvgIpc) is 2.28. The van der Waals surface area contributed by atoms with E-state index in [2.05, 4.69) is 4.99 Å². The van der Waals surface area contributed by atoms with Gasteiger partial charge in [0, 0.05) is 7.05 Å². The van der Waals surface area contributed by atoms with Gasteiger partial charge in [0.2, 0.25) is 0 Å². The number of amidine groups is 1. The summed E-state index contributed by atoms with van der Waals surface area (Å²) in [5.74, 6) is 0.786. The predicted molar refractivity (Wildman–Crippen MR) is 62.8 cm³/mol. The van der Waals surface area contributed by atoms with Crippen molar-refractivity contribution >= 4 is 16.5 Å². The van der Waals surface area contributed by atoms with Gasteiger partial charge in [-0.05, 0) is 25.1 Å². The van der Waals surface area contributed by atoms with Crippen molar-refractivity contribution in [3.63, 3.8) is 0 Å². The standard InChI is InChI=1S/C10H14N2O3S/c1-3-15-9-5-4-7(16(13)14)6-8(9)10(11)12-2/h4-6,16H,3H2,1-2H3,(H2,11,12). The van der Waals surface area contributed by atoms with E-state index in [-0.39, 0.29) is 10.7 Å². The van der Waals surface area contributed by atoms with E-state index in [4.69, 9.17) is 10.5 Å². The molecule has 0 fully saturated rings. The Labute approximate surface area is 95.9 Å². The van der Waals surface area contributed by atoms with Gasteiger partial charge in [-0.25, -0.2) is 8.42 Å². The summed E-state index contributed by atoms with van der Waals surface area (Å²) < 4.78 is 27.0. The third kappa shape index (κ3) is 2.73. The molecule has 1 aromatic rings. The highest BCUT2D eigenvalue weighted by atomic mass is 32.2. The van der Waals surface area contributed by atoms with Crippen LogP contribution in [0, 0.1) is 0 Å². The van der Waals surface area contributed by atoms with Crippen LogP contribution in [0.5, 0.6) is 5.75 Å². The molecule has 88 valence electrons. The Kier molecular flexibility index (Phi) is 4.30. The summed E-state index contributed by atoms with van der Waals surface area (Å²) in [6.45, 7) is 2.32. The molecule has 0 aliphatic carbocycles. The first-order valence-corrected chi connectivity index (χ1v) is 5.91. The van der Waals surface area contributed by atoms with Crippen LogP contribution in [0.25, 0.3) is 0 Å². The van der Waals surface area contributed by atoms with Crippen LogP contribution < -0.4 is 10.5 Å². The number of aliphatic imine (C=N–C) groups is 1. The lowest BCUT2D eigenvalue weighted by molar-refractivity contribution is 0.339. The van der Waals surface area contributed by atoms with Gasteiger partial charge in [0.1, 0.15) is 11.6 Å². The summed E-state index contributed by atoms with van der Waals surface area (Å²) in [5.41, 5.74) is 6.17. The fraction of sp³-hybridized carbons (Fsp3) is 0.300. The van der Waals surface area contributed by atoms with Crippen molar-refractivity contribution in [2.24, 2.45) is 10.7 Å². The molecule has 0 aliphatic rings. The van der Waals surface area contributed by atoms with Crippen molar-refractivity contribution in [2.45, 2.75) is 11.8 Å². The highest BCUT2D eigenvalue weighted by Crippen LogP contribution is 2.20. The molecule has 0 aromatic heterocycles. The number of thiol groups is 1. The zero-order valence-electron chi connectivity index (χ0n) is 9.14. The Morgan fingerprint density at radius 2 is 2.19 bits per heavy atom. The molecule has 0 unspecified atom stereocenters. The maximum absolute atomic E-state index is 10.8. The van der Waals surface area contributed by atoms with E-state index in [0.29, 0.717) is 17.9 Å². The molecular formula is C10H14N2O3S. The highest BCUT2D eigenvalue weighted by molar-refractivity contribution is 7.72. The monoisotopic (exact) mass is 242 g/mol. The van der Waals surface area contributed by atoms with Crippen LogP contribution in [-0.2, 0) is 10.7 Å². The molecule has 0 saturated heterocycles. The summed E-state index contributed by atoms with van der Waals surface area (Å²) in [6, 6.07) is 4.51. The fourth-order valence-corrected chi connectivity index (χ4v) is 1.66. The summed E-state index contributed by atoms with van der Waals surface area (Å²) in [6.07, 6.45) is 0.